The number of hydrogen-bond acceptors (Lipinski definition) is 2. The van der Waals surface area contributed by atoms with E-state index in [0.29, 0.717) is 6.54 Å². The van der Waals surface area contributed by atoms with Crippen molar-refractivity contribution in [2.45, 2.75) is 12.6 Å². The lowest BCUT2D eigenvalue weighted by atomic mass is 10.1. The molecule has 1 aliphatic rings. The highest BCUT2D eigenvalue weighted by Crippen LogP contribution is 2.35. The fraction of sp³-hybridized carbons (Fsp3) is 0.167. The summed E-state index contributed by atoms with van der Waals surface area (Å²) in [5.41, 5.74) is 1.21. The van der Waals surface area contributed by atoms with Crippen molar-refractivity contribution >= 4 is 17.2 Å². The third-order valence-electron chi connectivity index (χ3n) is 4.22. The van der Waals surface area contributed by atoms with E-state index >= 15 is 0 Å². The van der Waals surface area contributed by atoms with Gasteiger partial charge in [0.15, 0.2) is 0 Å². The second-order valence-corrected chi connectivity index (χ2v) is 6.50. The lowest BCUT2D eigenvalue weighted by Gasteiger charge is -2.36. The molecule has 1 amide bonds. The lowest BCUT2D eigenvalue weighted by molar-refractivity contribution is 0.0662. The van der Waals surface area contributed by atoms with Crippen molar-refractivity contribution in [1.29, 1.82) is 0 Å². The van der Waals surface area contributed by atoms with Crippen molar-refractivity contribution in [1.82, 2.24) is 9.47 Å². The molecule has 0 N–H and O–H groups in total. The molecule has 0 radical (unpaired) electrons. The van der Waals surface area contributed by atoms with Crippen LogP contribution < -0.4 is 0 Å². The largest absolute Gasteiger partial charge is 0.347 e. The Labute approximate surface area is 137 Å². The SMILES string of the molecule is O=C(c1ccccc1F)N1CCn2cccc2C1c1cccs1. The van der Waals surface area contributed by atoms with Crippen LogP contribution in [-0.2, 0) is 6.54 Å². The molecule has 3 aromatic rings. The number of rotatable bonds is 2. The predicted molar refractivity (Wildman–Crippen MR) is 88.0 cm³/mol. The Bertz CT molecular complexity index is 840. The first-order valence-corrected chi connectivity index (χ1v) is 8.37. The van der Waals surface area contributed by atoms with Crippen LogP contribution in [0.5, 0.6) is 0 Å². The lowest BCUT2D eigenvalue weighted by Crippen LogP contribution is -2.42. The third-order valence-corrected chi connectivity index (χ3v) is 5.14. The van der Waals surface area contributed by atoms with E-state index in [1.165, 1.54) is 6.07 Å². The van der Waals surface area contributed by atoms with Crippen LogP contribution in [0.1, 0.15) is 27.0 Å². The molecule has 3 heterocycles. The molecule has 5 heteroatoms. The summed E-state index contributed by atoms with van der Waals surface area (Å²) < 4.78 is 16.2. The quantitative estimate of drug-likeness (QED) is 0.700. The highest BCUT2D eigenvalue weighted by molar-refractivity contribution is 7.10. The molecule has 0 bridgehead atoms. The van der Waals surface area contributed by atoms with E-state index in [1.807, 2.05) is 35.8 Å². The summed E-state index contributed by atoms with van der Waals surface area (Å²) in [5.74, 6) is -0.725. The molecule has 1 unspecified atom stereocenters. The van der Waals surface area contributed by atoms with Crippen molar-refractivity contribution in [3.05, 3.63) is 82.1 Å². The number of carbonyl (C=O) groups excluding carboxylic acids is 1. The molecule has 2 aromatic heterocycles. The van der Waals surface area contributed by atoms with Gasteiger partial charge >= 0.3 is 0 Å². The van der Waals surface area contributed by atoms with E-state index in [0.717, 1.165) is 17.1 Å². The smallest absolute Gasteiger partial charge is 0.257 e. The zero-order valence-electron chi connectivity index (χ0n) is 12.4. The zero-order valence-corrected chi connectivity index (χ0v) is 13.2. The van der Waals surface area contributed by atoms with Crippen LogP contribution >= 0.6 is 11.3 Å². The van der Waals surface area contributed by atoms with E-state index in [9.17, 15) is 9.18 Å². The minimum absolute atomic E-state index is 0.133. The van der Waals surface area contributed by atoms with Crippen LogP contribution in [-0.4, -0.2) is 21.9 Å². The molecular weight excluding hydrogens is 311 g/mol. The maximum absolute atomic E-state index is 14.1. The van der Waals surface area contributed by atoms with Gasteiger partial charge in [-0.1, -0.05) is 18.2 Å². The van der Waals surface area contributed by atoms with Crippen molar-refractivity contribution in [2.24, 2.45) is 0 Å². The summed E-state index contributed by atoms with van der Waals surface area (Å²) in [6.45, 7) is 1.29. The molecule has 116 valence electrons. The number of halogens is 1. The first-order chi connectivity index (χ1) is 11.3. The van der Waals surface area contributed by atoms with Crippen molar-refractivity contribution < 1.29 is 9.18 Å². The Morgan fingerprint density at radius 2 is 1.96 bits per heavy atom. The summed E-state index contributed by atoms with van der Waals surface area (Å²) in [5, 5.41) is 2.00. The van der Waals surface area contributed by atoms with Gasteiger partial charge in [0, 0.05) is 29.9 Å². The molecule has 23 heavy (non-hydrogen) atoms. The van der Waals surface area contributed by atoms with Gasteiger partial charge in [-0.15, -0.1) is 11.3 Å². The summed E-state index contributed by atoms with van der Waals surface area (Å²) >= 11 is 1.62. The van der Waals surface area contributed by atoms with Gasteiger partial charge in [0.05, 0.1) is 5.56 Å². The minimum atomic E-state index is -0.469. The van der Waals surface area contributed by atoms with Crippen LogP contribution in [0.3, 0.4) is 0 Å². The Morgan fingerprint density at radius 1 is 1.09 bits per heavy atom. The Balaban J connectivity index is 1.78. The normalized spacial score (nSPS) is 17.1. The summed E-state index contributed by atoms with van der Waals surface area (Å²) in [4.78, 5) is 15.8. The average molecular weight is 326 g/mol. The molecular formula is C18H15FN2OS. The topological polar surface area (TPSA) is 25.2 Å². The van der Waals surface area contributed by atoms with Crippen LogP contribution in [0.4, 0.5) is 4.39 Å². The van der Waals surface area contributed by atoms with Gasteiger partial charge in [-0.25, -0.2) is 4.39 Å². The number of thiophene rings is 1. The van der Waals surface area contributed by atoms with Gasteiger partial charge in [0.2, 0.25) is 0 Å². The number of carbonyl (C=O) groups is 1. The molecule has 0 saturated heterocycles. The summed E-state index contributed by atoms with van der Waals surface area (Å²) in [7, 11) is 0. The van der Waals surface area contributed by atoms with E-state index in [4.69, 9.17) is 0 Å². The molecule has 1 atom stereocenters. The van der Waals surface area contributed by atoms with E-state index < -0.39 is 5.82 Å². The second-order valence-electron chi connectivity index (χ2n) is 5.52. The van der Waals surface area contributed by atoms with Crippen LogP contribution in [0.25, 0.3) is 0 Å². The van der Waals surface area contributed by atoms with Crippen LogP contribution in [0.2, 0.25) is 0 Å². The molecule has 0 spiro atoms. The van der Waals surface area contributed by atoms with E-state index in [2.05, 4.69) is 4.57 Å². The van der Waals surface area contributed by atoms with Crippen LogP contribution in [0, 0.1) is 5.82 Å². The zero-order chi connectivity index (χ0) is 15.8. The maximum atomic E-state index is 14.1. The van der Waals surface area contributed by atoms with Gasteiger partial charge in [-0.3, -0.25) is 4.79 Å². The maximum Gasteiger partial charge on any atom is 0.257 e. The third kappa shape index (κ3) is 2.37. The van der Waals surface area contributed by atoms with Gasteiger partial charge in [-0.2, -0.15) is 0 Å². The monoisotopic (exact) mass is 326 g/mol. The molecule has 1 aliphatic heterocycles. The molecule has 0 saturated carbocycles. The first-order valence-electron chi connectivity index (χ1n) is 7.49. The van der Waals surface area contributed by atoms with Crippen molar-refractivity contribution in [3.63, 3.8) is 0 Å². The number of hydrogen-bond donors (Lipinski definition) is 0. The predicted octanol–water partition coefficient (Wildman–Crippen LogP) is 3.93. The molecule has 0 aliphatic carbocycles. The fourth-order valence-electron chi connectivity index (χ4n) is 3.14. The second kappa shape index (κ2) is 5.66. The summed E-state index contributed by atoms with van der Waals surface area (Å²) in [6.07, 6.45) is 2.03. The molecule has 0 fully saturated rings. The Hall–Kier alpha value is -2.40. The number of fused-ring (bicyclic) bond motifs is 1. The Kier molecular flexibility index (Phi) is 3.50. The van der Waals surface area contributed by atoms with Crippen molar-refractivity contribution in [2.75, 3.05) is 6.54 Å². The average Bonchev–Trinajstić information content (AvgIpc) is 3.25. The standard InChI is InChI=1S/C18H15FN2OS/c19-14-6-2-1-5-13(14)18(22)21-11-10-20-9-3-7-15(20)17(21)16-8-4-12-23-16/h1-9,12,17H,10-11H2. The van der Waals surface area contributed by atoms with E-state index in [-0.39, 0.29) is 17.5 Å². The van der Waals surface area contributed by atoms with Gasteiger partial charge in [-0.05, 0) is 35.7 Å². The summed E-state index contributed by atoms with van der Waals surface area (Å²) in [6, 6.07) is 14.1. The van der Waals surface area contributed by atoms with Gasteiger partial charge < -0.3 is 9.47 Å². The van der Waals surface area contributed by atoms with E-state index in [1.54, 1.807) is 34.4 Å². The Morgan fingerprint density at radius 3 is 2.74 bits per heavy atom. The van der Waals surface area contributed by atoms with Gasteiger partial charge in [0.25, 0.3) is 5.91 Å². The highest BCUT2D eigenvalue weighted by atomic mass is 32.1. The number of amides is 1. The van der Waals surface area contributed by atoms with Gasteiger partial charge in [0.1, 0.15) is 11.9 Å². The van der Waals surface area contributed by atoms with Crippen LogP contribution in [0.15, 0.2) is 60.1 Å². The molecule has 4 rings (SSSR count). The number of aromatic nitrogens is 1. The molecule has 1 aromatic carbocycles. The number of nitrogens with zero attached hydrogens (tertiary/aromatic N) is 2. The highest BCUT2D eigenvalue weighted by Gasteiger charge is 2.34. The fourth-order valence-corrected chi connectivity index (χ4v) is 3.99. The first kappa shape index (κ1) is 14.2. The minimum Gasteiger partial charge on any atom is -0.347 e. The number of benzene rings is 1. The molecule has 3 nitrogen and oxygen atoms in total. The van der Waals surface area contributed by atoms with Crippen molar-refractivity contribution in [3.8, 4) is 0 Å².